The van der Waals surface area contributed by atoms with Gasteiger partial charge in [-0.25, -0.2) is 9.97 Å². The summed E-state index contributed by atoms with van der Waals surface area (Å²) in [6.07, 6.45) is 6.53. The first-order chi connectivity index (χ1) is 13.2. The SMILES string of the molecule is Cc1cc(Nc2cc(N3CCC(O)CC3)nc(C=Cc3ccco3)n2)n[nH]1. The Morgan fingerprint density at radius 3 is 2.78 bits per heavy atom. The Labute approximate surface area is 157 Å². The van der Waals surface area contributed by atoms with Gasteiger partial charge in [-0.15, -0.1) is 0 Å². The van der Waals surface area contributed by atoms with Crippen molar-refractivity contribution in [2.24, 2.45) is 0 Å². The lowest BCUT2D eigenvalue weighted by molar-refractivity contribution is 0.145. The highest BCUT2D eigenvalue weighted by Crippen LogP contribution is 2.23. The van der Waals surface area contributed by atoms with Crippen LogP contribution in [0, 0.1) is 6.92 Å². The molecule has 0 spiro atoms. The van der Waals surface area contributed by atoms with Crippen molar-refractivity contribution < 1.29 is 9.52 Å². The average Bonchev–Trinajstić information content (AvgIpc) is 3.32. The van der Waals surface area contributed by atoms with Crippen LogP contribution in [-0.4, -0.2) is 44.5 Å². The molecule has 0 aliphatic carbocycles. The molecule has 140 valence electrons. The van der Waals surface area contributed by atoms with Crippen LogP contribution in [0.4, 0.5) is 17.5 Å². The molecular formula is C19H22N6O2. The van der Waals surface area contributed by atoms with Gasteiger partial charge >= 0.3 is 0 Å². The van der Waals surface area contributed by atoms with Crippen LogP contribution >= 0.6 is 0 Å². The van der Waals surface area contributed by atoms with Crippen molar-refractivity contribution in [3.05, 3.63) is 47.8 Å². The summed E-state index contributed by atoms with van der Waals surface area (Å²) in [7, 11) is 0. The van der Waals surface area contributed by atoms with Gasteiger partial charge < -0.3 is 19.7 Å². The molecule has 0 aromatic carbocycles. The highest BCUT2D eigenvalue weighted by molar-refractivity contribution is 5.67. The molecule has 4 rings (SSSR count). The number of nitrogens with zero attached hydrogens (tertiary/aromatic N) is 4. The van der Waals surface area contributed by atoms with E-state index in [1.165, 1.54) is 0 Å². The molecule has 1 aliphatic heterocycles. The Morgan fingerprint density at radius 1 is 1.22 bits per heavy atom. The predicted octanol–water partition coefficient (Wildman–Crippen LogP) is 2.98. The zero-order valence-corrected chi connectivity index (χ0v) is 15.1. The lowest BCUT2D eigenvalue weighted by Gasteiger charge is -2.30. The molecule has 1 saturated heterocycles. The van der Waals surface area contributed by atoms with Gasteiger partial charge in [-0.05, 0) is 44.1 Å². The van der Waals surface area contributed by atoms with Crippen molar-refractivity contribution in [1.82, 2.24) is 20.2 Å². The first-order valence-electron chi connectivity index (χ1n) is 8.98. The molecule has 1 aliphatic rings. The number of anilines is 3. The van der Waals surface area contributed by atoms with E-state index in [9.17, 15) is 5.11 Å². The van der Waals surface area contributed by atoms with Crippen molar-refractivity contribution >= 4 is 29.6 Å². The number of aryl methyl sites for hydroxylation is 1. The standard InChI is InChI=1S/C19H22N6O2/c1-13-11-18(24-23-13)21-17-12-19(25-8-6-14(26)7-9-25)22-16(20-17)5-4-15-3-2-10-27-15/h2-5,10-12,14,26H,6-9H2,1H3,(H2,20,21,22,23,24). The maximum Gasteiger partial charge on any atom is 0.156 e. The van der Waals surface area contributed by atoms with Crippen molar-refractivity contribution in [2.75, 3.05) is 23.3 Å². The number of hydrogen-bond acceptors (Lipinski definition) is 7. The van der Waals surface area contributed by atoms with Crippen LogP contribution in [0.3, 0.4) is 0 Å². The molecule has 0 radical (unpaired) electrons. The fourth-order valence-electron chi connectivity index (χ4n) is 3.00. The van der Waals surface area contributed by atoms with Gasteiger partial charge in [-0.3, -0.25) is 5.10 Å². The van der Waals surface area contributed by atoms with E-state index in [2.05, 4.69) is 30.4 Å². The maximum absolute atomic E-state index is 9.76. The summed E-state index contributed by atoms with van der Waals surface area (Å²) in [5, 5.41) is 20.1. The fraction of sp³-hybridized carbons (Fsp3) is 0.316. The lowest BCUT2D eigenvalue weighted by Crippen LogP contribution is -2.36. The monoisotopic (exact) mass is 366 g/mol. The van der Waals surface area contributed by atoms with Gasteiger partial charge in [0.05, 0.1) is 12.4 Å². The number of aromatic amines is 1. The summed E-state index contributed by atoms with van der Waals surface area (Å²) in [6.45, 7) is 3.47. The summed E-state index contributed by atoms with van der Waals surface area (Å²) in [6, 6.07) is 7.53. The molecule has 8 heteroatoms. The van der Waals surface area contributed by atoms with Crippen LogP contribution in [0.2, 0.25) is 0 Å². The summed E-state index contributed by atoms with van der Waals surface area (Å²) in [4.78, 5) is 11.4. The van der Waals surface area contributed by atoms with Crippen LogP contribution in [0.1, 0.15) is 30.1 Å². The molecular weight excluding hydrogens is 344 g/mol. The second-order valence-corrected chi connectivity index (χ2v) is 6.60. The zero-order chi connectivity index (χ0) is 18.6. The number of H-pyrrole nitrogens is 1. The van der Waals surface area contributed by atoms with E-state index in [1.807, 2.05) is 43.3 Å². The molecule has 3 aromatic rings. The predicted molar refractivity (Wildman–Crippen MR) is 104 cm³/mol. The van der Waals surface area contributed by atoms with Crippen LogP contribution in [-0.2, 0) is 0 Å². The third-order valence-corrected chi connectivity index (χ3v) is 4.42. The summed E-state index contributed by atoms with van der Waals surface area (Å²) >= 11 is 0. The lowest BCUT2D eigenvalue weighted by atomic mass is 10.1. The van der Waals surface area contributed by atoms with Gasteiger partial charge in [0.1, 0.15) is 17.4 Å². The van der Waals surface area contributed by atoms with Crippen molar-refractivity contribution in [3.8, 4) is 0 Å². The summed E-state index contributed by atoms with van der Waals surface area (Å²) in [5.74, 6) is 3.50. The second-order valence-electron chi connectivity index (χ2n) is 6.60. The molecule has 0 atom stereocenters. The highest BCUT2D eigenvalue weighted by atomic mass is 16.3. The van der Waals surface area contributed by atoms with Crippen molar-refractivity contribution in [3.63, 3.8) is 0 Å². The molecule has 0 amide bonds. The van der Waals surface area contributed by atoms with Crippen LogP contribution in [0.5, 0.6) is 0 Å². The molecule has 0 saturated carbocycles. The fourth-order valence-corrected chi connectivity index (χ4v) is 3.00. The maximum atomic E-state index is 9.76. The number of rotatable bonds is 5. The Bertz CT molecular complexity index is 910. The van der Waals surface area contributed by atoms with E-state index in [-0.39, 0.29) is 6.10 Å². The number of hydrogen-bond donors (Lipinski definition) is 3. The minimum Gasteiger partial charge on any atom is -0.465 e. The Kier molecular flexibility index (Phi) is 4.88. The molecule has 4 heterocycles. The van der Waals surface area contributed by atoms with E-state index < -0.39 is 0 Å². The van der Waals surface area contributed by atoms with Gasteiger partial charge in [-0.2, -0.15) is 5.10 Å². The first-order valence-corrected chi connectivity index (χ1v) is 8.98. The molecule has 8 nitrogen and oxygen atoms in total. The van der Waals surface area contributed by atoms with E-state index in [4.69, 9.17) is 4.42 Å². The van der Waals surface area contributed by atoms with Crippen LogP contribution < -0.4 is 10.2 Å². The minimum atomic E-state index is -0.231. The topological polar surface area (TPSA) is 103 Å². The third kappa shape index (κ3) is 4.35. The van der Waals surface area contributed by atoms with Crippen LogP contribution in [0.15, 0.2) is 34.9 Å². The Morgan fingerprint density at radius 2 is 2.07 bits per heavy atom. The number of nitrogens with one attached hydrogen (secondary N) is 2. The molecule has 0 bridgehead atoms. The number of piperidine rings is 1. The molecule has 3 N–H and O–H groups in total. The molecule has 3 aromatic heterocycles. The smallest absolute Gasteiger partial charge is 0.156 e. The highest BCUT2D eigenvalue weighted by Gasteiger charge is 2.19. The van der Waals surface area contributed by atoms with Crippen LogP contribution in [0.25, 0.3) is 12.2 Å². The van der Waals surface area contributed by atoms with Gasteiger partial charge in [0.2, 0.25) is 0 Å². The zero-order valence-electron chi connectivity index (χ0n) is 15.1. The quantitative estimate of drug-likeness (QED) is 0.638. The van der Waals surface area contributed by atoms with Crippen molar-refractivity contribution in [2.45, 2.75) is 25.9 Å². The summed E-state index contributed by atoms with van der Waals surface area (Å²) < 4.78 is 5.33. The molecule has 0 unspecified atom stereocenters. The van der Waals surface area contributed by atoms with E-state index >= 15 is 0 Å². The third-order valence-electron chi connectivity index (χ3n) is 4.42. The molecule has 1 fully saturated rings. The van der Waals surface area contributed by atoms with E-state index in [0.717, 1.165) is 43.2 Å². The van der Waals surface area contributed by atoms with Crippen molar-refractivity contribution in [1.29, 1.82) is 0 Å². The second kappa shape index (κ2) is 7.63. The van der Waals surface area contributed by atoms with Gasteiger partial charge in [0, 0.05) is 30.9 Å². The molecule has 27 heavy (non-hydrogen) atoms. The Balaban J connectivity index is 1.62. The van der Waals surface area contributed by atoms with Gasteiger partial charge in [0.25, 0.3) is 0 Å². The van der Waals surface area contributed by atoms with E-state index in [0.29, 0.717) is 17.5 Å². The number of aliphatic hydroxyl groups is 1. The Hall–Kier alpha value is -3.13. The van der Waals surface area contributed by atoms with Gasteiger partial charge in [0.15, 0.2) is 11.6 Å². The number of furan rings is 1. The normalized spacial score (nSPS) is 15.6. The number of aliphatic hydroxyl groups excluding tert-OH is 1. The minimum absolute atomic E-state index is 0.231. The number of aromatic nitrogens is 4. The largest absolute Gasteiger partial charge is 0.465 e. The van der Waals surface area contributed by atoms with Gasteiger partial charge in [-0.1, -0.05) is 0 Å². The van der Waals surface area contributed by atoms with E-state index in [1.54, 1.807) is 6.26 Å². The average molecular weight is 366 g/mol. The summed E-state index contributed by atoms with van der Waals surface area (Å²) in [5.41, 5.74) is 0.967. The first kappa shape index (κ1) is 17.3.